The summed E-state index contributed by atoms with van der Waals surface area (Å²) in [7, 11) is 3.30. The molecule has 1 heterocycles. The predicted octanol–water partition coefficient (Wildman–Crippen LogP) is 1.91. The van der Waals surface area contributed by atoms with Crippen LogP contribution in [0.4, 0.5) is 4.79 Å². The monoisotopic (exact) mass is 509 g/mol. The van der Waals surface area contributed by atoms with Crippen molar-refractivity contribution in [3.05, 3.63) is 23.9 Å². The molecule has 1 aromatic rings. The highest BCUT2D eigenvalue weighted by atomic mass is 127. The van der Waals surface area contributed by atoms with Gasteiger partial charge in [0.05, 0.1) is 6.61 Å². The maximum atomic E-state index is 11.6. The Hall–Kier alpha value is -1.82. The standard InChI is InChI=1S/C18H31N5O4.HI/c1-18(2,3)27-17(24)22-10-9-21-16(19-4)23-13-14-7-6-8-20-15(14)26-12-11-25-5;/h6-8H,9-13H2,1-5H3,(H,22,24)(H2,19,21,23);1H. The van der Waals surface area contributed by atoms with E-state index in [9.17, 15) is 4.79 Å². The first-order valence-corrected chi connectivity index (χ1v) is 8.82. The van der Waals surface area contributed by atoms with Crippen molar-refractivity contribution in [1.29, 1.82) is 0 Å². The van der Waals surface area contributed by atoms with Crippen molar-refractivity contribution in [2.24, 2.45) is 4.99 Å². The molecule has 1 aromatic heterocycles. The van der Waals surface area contributed by atoms with E-state index in [1.165, 1.54) is 0 Å². The summed E-state index contributed by atoms with van der Waals surface area (Å²) < 4.78 is 15.8. The summed E-state index contributed by atoms with van der Waals surface area (Å²) in [6.45, 7) is 7.81. The summed E-state index contributed by atoms with van der Waals surface area (Å²) in [5.41, 5.74) is 0.394. The van der Waals surface area contributed by atoms with Crippen molar-refractivity contribution in [2.45, 2.75) is 32.9 Å². The molecule has 0 unspecified atom stereocenters. The number of halogens is 1. The summed E-state index contributed by atoms with van der Waals surface area (Å²) in [4.78, 5) is 20.0. The van der Waals surface area contributed by atoms with Crippen molar-refractivity contribution in [3.8, 4) is 5.88 Å². The summed E-state index contributed by atoms with van der Waals surface area (Å²) in [6.07, 6.45) is 1.24. The van der Waals surface area contributed by atoms with E-state index in [0.29, 0.717) is 44.7 Å². The Bertz CT molecular complexity index is 608. The number of hydrogen-bond acceptors (Lipinski definition) is 6. The third-order valence-electron chi connectivity index (χ3n) is 3.13. The fourth-order valence-corrected chi connectivity index (χ4v) is 1.97. The molecular weight excluding hydrogens is 477 g/mol. The van der Waals surface area contributed by atoms with E-state index in [4.69, 9.17) is 14.2 Å². The number of aromatic nitrogens is 1. The molecule has 0 aromatic carbocycles. The minimum atomic E-state index is -0.512. The molecule has 0 atom stereocenters. The zero-order valence-corrected chi connectivity index (χ0v) is 19.5. The van der Waals surface area contributed by atoms with Crippen LogP contribution >= 0.6 is 24.0 Å². The van der Waals surface area contributed by atoms with Crippen molar-refractivity contribution in [1.82, 2.24) is 20.9 Å². The average Bonchev–Trinajstić information content (AvgIpc) is 2.61. The highest BCUT2D eigenvalue weighted by molar-refractivity contribution is 14.0. The minimum absolute atomic E-state index is 0. The Labute approximate surface area is 184 Å². The van der Waals surface area contributed by atoms with Gasteiger partial charge >= 0.3 is 6.09 Å². The number of pyridine rings is 1. The van der Waals surface area contributed by atoms with Gasteiger partial charge in [0.1, 0.15) is 12.2 Å². The van der Waals surface area contributed by atoms with Crippen molar-refractivity contribution in [3.63, 3.8) is 0 Å². The molecule has 28 heavy (non-hydrogen) atoms. The van der Waals surface area contributed by atoms with E-state index < -0.39 is 11.7 Å². The molecule has 0 saturated carbocycles. The van der Waals surface area contributed by atoms with Gasteiger partial charge in [-0.05, 0) is 26.8 Å². The second-order valence-electron chi connectivity index (χ2n) is 6.59. The van der Waals surface area contributed by atoms with Gasteiger partial charge in [0, 0.05) is 45.6 Å². The van der Waals surface area contributed by atoms with Crippen molar-refractivity contribution < 1.29 is 19.0 Å². The number of carbonyl (C=O) groups excluding carboxylic acids is 1. The molecule has 0 radical (unpaired) electrons. The highest BCUT2D eigenvalue weighted by Gasteiger charge is 2.15. The lowest BCUT2D eigenvalue weighted by Gasteiger charge is -2.20. The summed E-state index contributed by atoms with van der Waals surface area (Å²) in [5, 5.41) is 8.99. The maximum absolute atomic E-state index is 11.6. The Morgan fingerprint density at radius 2 is 1.89 bits per heavy atom. The SMILES string of the molecule is CN=C(NCCNC(=O)OC(C)(C)C)NCc1cccnc1OCCOC.I. The first kappa shape index (κ1) is 26.2. The number of aliphatic imine (C=N–C) groups is 1. The Kier molecular flexibility index (Phi) is 13.3. The van der Waals surface area contributed by atoms with Crippen LogP contribution in [-0.4, -0.2) is 63.1 Å². The van der Waals surface area contributed by atoms with Gasteiger partial charge in [0.15, 0.2) is 5.96 Å². The lowest BCUT2D eigenvalue weighted by molar-refractivity contribution is 0.0529. The quantitative estimate of drug-likeness (QED) is 0.202. The highest BCUT2D eigenvalue weighted by Crippen LogP contribution is 2.13. The van der Waals surface area contributed by atoms with Crippen LogP contribution in [0, 0.1) is 0 Å². The van der Waals surface area contributed by atoms with E-state index in [-0.39, 0.29) is 24.0 Å². The second-order valence-corrected chi connectivity index (χ2v) is 6.59. The normalized spacial score (nSPS) is 11.2. The molecular formula is C18H32IN5O4. The minimum Gasteiger partial charge on any atom is -0.475 e. The van der Waals surface area contributed by atoms with Gasteiger partial charge < -0.3 is 30.2 Å². The molecule has 160 valence electrons. The topological polar surface area (TPSA) is 106 Å². The molecule has 0 fully saturated rings. The lowest BCUT2D eigenvalue weighted by Crippen LogP contribution is -2.42. The number of alkyl carbamates (subject to hydrolysis) is 1. The van der Waals surface area contributed by atoms with Crippen LogP contribution in [-0.2, 0) is 16.0 Å². The van der Waals surface area contributed by atoms with Gasteiger partial charge in [-0.2, -0.15) is 0 Å². The first-order valence-electron chi connectivity index (χ1n) is 8.82. The number of amides is 1. The molecule has 10 heteroatoms. The Morgan fingerprint density at radius 3 is 2.54 bits per heavy atom. The molecule has 0 aliphatic carbocycles. The Balaban J connectivity index is 0.00000729. The van der Waals surface area contributed by atoms with Crippen LogP contribution < -0.4 is 20.7 Å². The van der Waals surface area contributed by atoms with Crippen LogP contribution in [0.1, 0.15) is 26.3 Å². The average molecular weight is 509 g/mol. The summed E-state index contributed by atoms with van der Waals surface area (Å²) in [6, 6.07) is 3.78. The van der Waals surface area contributed by atoms with Crippen LogP contribution in [0.25, 0.3) is 0 Å². The Morgan fingerprint density at radius 1 is 1.18 bits per heavy atom. The van der Waals surface area contributed by atoms with Crippen LogP contribution in [0.3, 0.4) is 0 Å². The van der Waals surface area contributed by atoms with Crippen LogP contribution in [0.2, 0.25) is 0 Å². The largest absolute Gasteiger partial charge is 0.475 e. The van der Waals surface area contributed by atoms with E-state index in [0.717, 1.165) is 5.56 Å². The van der Waals surface area contributed by atoms with E-state index in [1.54, 1.807) is 20.4 Å². The second kappa shape index (κ2) is 14.2. The van der Waals surface area contributed by atoms with Crippen molar-refractivity contribution in [2.75, 3.05) is 40.5 Å². The zero-order valence-electron chi connectivity index (χ0n) is 17.2. The van der Waals surface area contributed by atoms with Gasteiger partial charge in [-0.1, -0.05) is 6.07 Å². The van der Waals surface area contributed by atoms with E-state index >= 15 is 0 Å². The lowest BCUT2D eigenvalue weighted by atomic mass is 10.2. The molecule has 1 rings (SSSR count). The number of guanidine groups is 1. The molecule has 3 N–H and O–H groups in total. The molecule has 0 aliphatic heterocycles. The third kappa shape index (κ3) is 11.8. The van der Waals surface area contributed by atoms with Gasteiger partial charge in [-0.3, -0.25) is 4.99 Å². The molecule has 0 aliphatic rings. The predicted molar refractivity (Wildman–Crippen MR) is 119 cm³/mol. The number of nitrogens with one attached hydrogen (secondary N) is 3. The van der Waals surface area contributed by atoms with E-state index in [1.807, 2.05) is 32.9 Å². The first-order chi connectivity index (χ1) is 12.9. The molecule has 0 spiro atoms. The molecule has 0 saturated heterocycles. The van der Waals surface area contributed by atoms with Gasteiger partial charge in [0.2, 0.25) is 5.88 Å². The fraction of sp³-hybridized carbons (Fsp3) is 0.611. The summed E-state index contributed by atoms with van der Waals surface area (Å²) >= 11 is 0. The van der Waals surface area contributed by atoms with Crippen LogP contribution in [0.5, 0.6) is 5.88 Å². The fourth-order valence-electron chi connectivity index (χ4n) is 1.97. The number of nitrogens with zero attached hydrogens (tertiary/aromatic N) is 2. The number of carbonyl (C=O) groups is 1. The number of ether oxygens (including phenoxy) is 3. The van der Waals surface area contributed by atoms with Crippen LogP contribution in [0.15, 0.2) is 23.3 Å². The van der Waals surface area contributed by atoms with Gasteiger partial charge in [-0.25, -0.2) is 9.78 Å². The van der Waals surface area contributed by atoms with E-state index in [2.05, 4.69) is 25.9 Å². The smallest absolute Gasteiger partial charge is 0.407 e. The summed E-state index contributed by atoms with van der Waals surface area (Å²) in [5.74, 6) is 1.16. The van der Waals surface area contributed by atoms with Gasteiger partial charge in [-0.15, -0.1) is 24.0 Å². The van der Waals surface area contributed by atoms with Crippen molar-refractivity contribution >= 4 is 36.0 Å². The number of methoxy groups -OCH3 is 1. The molecule has 9 nitrogen and oxygen atoms in total. The molecule has 0 bridgehead atoms. The number of rotatable bonds is 9. The third-order valence-corrected chi connectivity index (χ3v) is 3.13. The molecule has 1 amide bonds. The van der Waals surface area contributed by atoms with Gasteiger partial charge in [0.25, 0.3) is 0 Å². The number of hydrogen-bond donors (Lipinski definition) is 3. The zero-order chi connectivity index (χ0) is 20.1. The maximum Gasteiger partial charge on any atom is 0.407 e.